The fourth-order valence-corrected chi connectivity index (χ4v) is 1.67. The summed E-state index contributed by atoms with van der Waals surface area (Å²) in [6, 6.07) is 7.29. The molecule has 1 rings (SSSR count). The van der Waals surface area contributed by atoms with Crippen molar-refractivity contribution in [2.45, 2.75) is 34.1 Å². The Bertz CT molecular complexity index is 477. The summed E-state index contributed by atoms with van der Waals surface area (Å²) in [6.45, 7) is 8.50. The van der Waals surface area contributed by atoms with Crippen LogP contribution in [0.5, 0.6) is 0 Å². The molecule has 1 atom stereocenters. The average Bonchev–Trinajstić information content (AvgIpc) is 2.27. The monoisotopic (exact) mass is 278 g/mol. The minimum Gasteiger partial charge on any atom is -0.389 e. The van der Waals surface area contributed by atoms with Crippen molar-refractivity contribution in [2.24, 2.45) is 17.1 Å². The first-order valence-corrected chi connectivity index (χ1v) is 6.80. The van der Waals surface area contributed by atoms with Crippen molar-refractivity contribution < 1.29 is 4.79 Å². The van der Waals surface area contributed by atoms with Crippen molar-refractivity contribution in [3.63, 3.8) is 0 Å². The van der Waals surface area contributed by atoms with E-state index in [1.807, 2.05) is 18.2 Å². The maximum absolute atomic E-state index is 12.0. The van der Waals surface area contributed by atoms with Gasteiger partial charge in [-0.25, -0.2) is 0 Å². The molecule has 0 saturated carbocycles. The van der Waals surface area contributed by atoms with Crippen LogP contribution < -0.4 is 11.1 Å². The Labute approximate surface area is 120 Å². The summed E-state index contributed by atoms with van der Waals surface area (Å²) in [6.07, 6.45) is 0.501. The molecule has 0 aliphatic rings. The largest absolute Gasteiger partial charge is 0.389 e. The summed E-state index contributed by atoms with van der Waals surface area (Å²) < 4.78 is 0. The maximum Gasteiger partial charge on any atom is 0.224 e. The highest BCUT2D eigenvalue weighted by Gasteiger charge is 2.22. The van der Waals surface area contributed by atoms with Gasteiger partial charge in [0, 0.05) is 17.7 Å². The molecule has 1 aromatic carbocycles. The lowest BCUT2D eigenvalue weighted by molar-refractivity contribution is -0.117. The zero-order chi connectivity index (χ0) is 14.6. The molecule has 1 unspecified atom stereocenters. The van der Waals surface area contributed by atoms with Gasteiger partial charge in [0.25, 0.3) is 0 Å². The molecule has 3 N–H and O–H groups in total. The number of anilines is 1. The van der Waals surface area contributed by atoms with Crippen molar-refractivity contribution in [3.05, 3.63) is 29.8 Å². The maximum atomic E-state index is 12.0. The number of thiocarbonyl (C=S) groups is 1. The van der Waals surface area contributed by atoms with Gasteiger partial charge in [0.05, 0.1) is 0 Å². The lowest BCUT2D eigenvalue weighted by atomic mass is 9.80. The van der Waals surface area contributed by atoms with Crippen LogP contribution in [-0.4, -0.2) is 10.9 Å². The first-order chi connectivity index (χ1) is 8.70. The van der Waals surface area contributed by atoms with E-state index < -0.39 is 0 Å². The summed E-state index contributed by atoms with van der Waals surface area (Å²) in [5.74, 6) is 0.328. The van der Waals surface area contributed by atoms with Gasteiger partial charge in [-0.05, 0) is 23.5 Å². The number of nitrogens with one attached hydrogen (secondary N) is 1. The highest BCUT2D eigenvalue weighted by Crippen LogP contribution is 2.28. The minimum absolute atomic E-state index is 0.0162. The molecular weight excluding hydrogens is 256 g/mol. The van der Waals surface area contributed by atoms with Crippen LogP contribution >= 0.6 is 12.2 Å². The van der Waals surface area contributed by atoms with E-state index in [9.17, 15) is 4.79 Å². The summed E-state index contributed by atoms with van der Waals surface area (Å²) >= 11 is 4.92. The minimum atomic E-state index is 0.0162. The summed E-state index contributed by atoms with van der Waals surface area (Å²) in [5.41, 5.74) is 7.19. The summed E-state index contributed by atoms with van der Waals surface area (Å²) in [7, 11) is 0. The van der Waals surface area contributed by atoms with Crippen LogP contribution in [0.1, 0.15) is 39.7 Å². The molecular formula is C15H22N2OS. The fourth-order valence-electron chi connectivity index (χ4n) is 1.55. The van der Waals surface area contributed by atoms with Crippen LogP contribution in [-0.2, 0) is 4.79 Å². The second-order valence-corrected chi connectivity index (χ2v) is 6.40. The molecule has 0 radical (unpaired) electrons. The number of amides is 1. The molecule has 0 aliphatic carbocycles. The van der Waals surface area contributed by atoms with Gasteiger partial charge in [-0.15, -0.1) is 0 Å². The van der Waals surface area contributed by atoms with E-state index >= 15 is 0 Å². The zero-order valence-electron chi connectivity index (χ0n) is 12.0. The first-order valence-electron chi connectivity index (χ1n) is 6.40. The van der Waals surface area contributed by atoms with Gasteiger partial charge in [-0.2, -0.15) is 0 Å². The van der Waals surface area contributed by atoms with E-state index in [4.69, 9.17) is 18.0 Å². The van der Waals surface area contributed by atoms with E-state index in [2.05, 4.69) is 33.0 Å². The lowest BCUT2D eigenvalue weighted by Crippen LogP contribution is -2.24. The van der Waals surface area contributed by atoms with Gasteiger partial charge in [0.1, 0.15) is 4.99 Å². The predicted molar refractivity (Wildman–Crippen MR) is 84.2 cm³/mol. The summed E-state index contributed by atoms with van der Waals surface area (Å²) in [5, 5.41) is 2.89. The number of hydrogen-bond acceptors (Lipinski definition) is 2. The molecule has 0 heterocycles. The van der Waals surface area contributed by atoms with Crippen LogP contribution in [0.3, 0.4) is 0 Å². The number of hydrogen-bond donors (Lipinski definition) is 2. The molecule has 0 aliphatic heterocycles. The Morgan fingerprint density at radius 2 is 2.05 bits per heavy atom. The predicted octanol–water partition coefficient (Wildman–Crippen LogP) is 3.33. The first kappa shape index (κ1) is 15.6. The summed E-state index contributed by atoms with van der Waals surface area (Å²) in [4.78, 5) is 12.3. The van der Waals surface area contributed by atoms with Crippen molar-refractivity contribution >= 4 is 28.8 Å². The van der Waals surface area contributed by atoms with E-state index in [0.29, 0.717) is 17.3 Å². The third kappa shape index (κ3) is 4.99. The molecule has 0 spiro atoms. The van der Waals surface area contributed by atoms with Gasteiger partial charge < -0.3 is 11.1 Å². The van der Waals surface area contributed by atoms with E-state index in [-0.39, 0.29) is 11.3 Å². The van der Waals surface area contributed by atoms with E-state index in [1.54, 1.807) is 6.07 Å². The second kappa shape index (κ2) is 6.15. The van der Waals surface area contributed by atoms with Gasteiger partial charge in [0.2, 0.25) is 5.91 Å². The highest BCUT2D eigenvalue weighted by molar-refractivity contribution is 7.80. The molecule has 0 fully saturated rings. The van der Waals surface area contributed by atoms with Crippen molar-refractivity contribution in [3.8, 4) is 0 Å². The van der Waals surface area contributed by atoms with Crippen LogP contribution in [0.15, 0.2) is 24.3 Å². The topological polar surface area (TPSA) is 55.1 Å². The SMILES string of the molecule is CC(CC(=O)Nc1cccc(C(N)=S)c1)C(C)(C)C. The normalized spacial score (nSPS) is 12.8. The zero-order valence-corrected chi connectivity index (χ0v) is 12.8. The molecule has 4 heteroatoms. The second-order valence-electron chi connectivity index (χ2n) is 5.96. The smallest absolute Gasteiger partial charge is 0.224 e. The van der Waals surface area contributed by atoms with Crippen LogP contribution in [0.4, 0.5) is 5.69 Å². The standard InChI is InChI=1S/C15H22N2OS/c1-10(15(2,3)4)8-13(18)17-12-7-5-6-11(9-12)14(16)19/h5-7,9-10H,8H2,1-4H3,(H2,16,19)(H,17,18). The quantitative estimate of drug-likeness (QED) is 0.831. The van der Waals surface area contributed by atoms with Crippen LogP contribution in [0, 0.1) is 11.3 Å². The fraction of sp³-hybridized carbons (Fsp3) is 0.467. The van der Waals surface area contributed by atoms with Gasteiger partial charge in [-0.3, -0.25) is 4.79 Å². The molecule has 1 amide bonds. The molecule has 0 aromatic heterocycles. The molecule has 3 nitrogen and oxygen atoms in total. The molecule has 0 bridgehead atoms. The Hall–Kier alpha value is -1.42. The third-order valence-corrected chi connectivity index (χ3v) is 3.64. The number of carbonyl (C=O) groups is 1. The molecule has 1 aromatic rings. The Morgan fingerprint density at radius 3 is 2.58 bits per heavy atom. The lowest BCUT2D eigenvalue weighted by Gasteiger charge is -2.26. The number of nitrogens with two attached hydrogens (primary N) is 1. The Morgan fingerprint density at radius 1 is 1.42 bits per heavy atom. The average molecular weight is 278 g/mol. The van der Waals surface area contributed by atoms with Gasteiger partial charge in [-0.1, -0.05) is 52.0 Å². The van der Waals surface area contributed by atoms with Crippen LogP contribution in [0.2, 0.25) is 0 Å². The third-order valence-electron chi connectivity index (χ3n) is 3.40. The van der Waals surface area contributed by atoms with Gasteiger partial charge in [0.15, 0.2) is 0 Å². The molecule has 19 heavy (non-hydrogen) atoms. The molecule has 104 valence electrons. The number of rotatable bonds is 4. The molecule has 0 saturated heterocycles. The van der Waals surface area contributed by atoms with Crippen molar-refractivity contribution in [1.82, 2.24) is 0 Å². The Kier molecular flexibility index (Phi) is 5.06. The van der Waals surface area contributed by atoms with E-state index in [0.717, 1.165) is 11.3 Å². The Balaban J connectivity index is 2.67. The number of carbonyl (C=O) groups excluding carboxylic acids is 1. The van der Waals surface area contributed by atoms with Gasteiger partial charge >= 0.3 is 0 Å². The van der Waals surface area contributed by atoms with Crippen molar-refractivity contribution in [2.75, 3.05) is 5.32 Å². The van der Waals surface area contributed by atoms with Crippen molar-refractivity contribution in [1.29, 1.82) is 0 Å². The van der Waals surface area contributed by atoms with E-state index in [1.165, 1.54) is 0 Å². The number of benzene rings is 1. The highest BCUT2D eigenvalue weighted by atomic mass is 32.1. The van der Waals surface area contributed by atoms with Crippen LogP contribution in [0.25, 0.3) is 0 Å².